The second kappa shape index (κ2) is 4.46. The molecule has 0 heterocycles. The second-order valence-electron chi connectivity index (χ2n) is 3.04. The van der Waals surface area contributed by atoms with Crippen molar-refractivity contribution in [3.63, 3.8) is 0 Å². The van der Waals surface area contributed by atoms with E-state index in [9.17, 15) is 35.5 Å². The van der Waals surface area contributed by atoms with E-state index in [4.69, 9.17) is 5.11 Å². The largest absolute Gasteiger partial charge is 0.481 e. The zero-order chi connectivity index (χ0) is 13.2. The van der Waals surface area contributed by atoms with Gasteiger partial charge in [0.25, 0.3) is 5.67 Å². The normalized spacial score (nSPS) is 13.9. The van der Waals surface area contributed by atoms with Gasteiger partial charge in [0.05, 0.1) is 0 Å². The summed E-state index contributed by atoms with van der Waals surface area (Å²) in [5, 5.41) is 8.03. The van der Waals surface area contributed by atoms with Gasteiger partial charge in [-0.25, -0.2) is 4.39 Å². The Balaban J connectivity index is 4.78. The molecule has 0 aliphatic heterocycles. The van der Waals surface area contributed by atoms with Gasteiger partial charge in [-0.3, -0.25) is 4.79 Å². The highest BCUT2D eigenvalue weighted by atomic mass is 19.4. The summed E-state index contributed by atoms with van der Waals surface area (Å²) in [6.45, 7) is 0. The van der Waals surface area contributed by atoms with E-state index in [1.165, 1.54) is 0 Å². The number of carbonyl (C=O) groups is 1. The molecule has 96 valence electrons. The molecule has 0 rings (SSSR count). The van der Waals surface area contributed by atoms with Crippen LogP contribution < -0.4 is 0 Å². The van der Waals surface area contributed by atoms with Crippen molar-refractivity contribution in [3.8, 4) is 0 Å². The molecule has 0 fully saturated rings. The summed E-state index contributed by atoms with van der Waals surface area (Å²) in [7, 11) is 0. The van der Waals surface area contributed by atoms with Gasteiger partial charge in [0, 0.05) is 12.8 Å². The fourth-order valence-electron chi connectivity index (χ4n) is 0.927. The number of hydrogen-bond donors (Lipinski definition) is 1. The third kappa shape index (κ3) is 3.24. The molecule has 0 aliphatic rings. The lowest BCUT2D eigenvalue weighted by Gasteiger charge is -2.29. The minimum atomic E-state index is -6.11. The molecule has 0 aliphatic carbocycles. The van der Waals surface area contributed by atoms with Gasteiger partial charge in [-0.15, -0.1) is 0 Å². The molecule has 0 saturated heterocycles. The van der Waals surface area contributed by atoms with Crippen LogP contribution in [0.3, 0.4) is 0 Å². The van der Waals surface area contributed by atoms with Gasteiger partial charge in [0.1, 0.15) is 0 Å². The average Bonchev–Trinajstić information content (AvgIpc) is 1.98. The van der Waals surface area contributed by atoms with E-state index in [1.807, 2.05) is 0 Å². The first-order chi connectivity index (χ1) is 6.92. The Morgan fingerprint density at radius 2 is 1.31 bits per heavy atom. The maximum Gasteiger partial charge on any atom is 0.431 e. The molecule has 0 atom stereocenters. The molecule has 0 radical (unpaired) electrons. The van der Waals surface area contributed by atoms with Gasteiger partial charge in [-0.05, 0) is 6.42 Å². The number of carboxylic acid groups (broad SMARTS) is 1. The Morgan fingerprint density at radius 3 is 1.56 bits per heavy atom. The van der Waals surface area contributed by atoms with Crippen LogP contribution in [0.4, 0.5) is 30.7 Å². The SMILES string of the molecule is O=C(O)CCCC(F)(C(F)(F)F)C(F)(F)F. The van der Waals surface area contributed by atoms with Crippen molar-refractivity contribution < 1.29 is 40.6 Å². The fourth-order valence-corrected chi connectivity index (χ4v) is 0.927. The zero-order valence-corrected chi connectivity index (χ0v) is 7.62. The maximum absolute atomic E-state index is 12.8. The monoisotopic (exact) mass is 256 g/mol. The van der Waals surface area contributed by atoms with Crippen molar-refractivity contribution in [2.75, 3.05) is 0 Å². The van der Waals surface area contributed by atoms with Crippen molar-refractivity contribution in [3.05, 3.63) is 0 Å². The van der Waals surface area contributed by atoms with Crippen molar-refractivity contribution in [2.24, 2.45) is 0 Å². The second-order valence-corrected chi connectivity index (χ2v) is 3.04. The molecule has 9 heteroatoms. The maximum atomic E-state index is 12.8. The number of rotatable bonds is 4. The first kappa shape index (κ1) is 15.0. The van der Waals surface area contributed by atoms with E-state index in [2.05, 4.69) is 0 Å². The lowest BCUT2D eigenvalue weighted by molar-refractivity contribution is -0.343. The number of hydrogen-bond acceptors (Lipinski definition) is 1. The molecule has 16 heavy (non-hydrogen) atoms. The molecule has 1 N–H and O–H groups in total. The van der Waals surface area contributed by atoms with Crippen LogP contribution >= 0.6 is 0 Å². The predicted octanol–water partition coefficient (Wildman–Crippen LogP) is 3.07. The van der Waals surface area contributed by atoms with E-state index in [-0.39, 0.29) is 0 Å². The number of aliphatic carboxylic acids is 1. The third-order valence-electron chi connectivity index (χ3n) is 1.81. The van der Waals surface area contributed by atoms with Gasteiger partial charge in [-0.1, -0.05) is 0 Å². The van der Waals surface area contributed by atoms with Crippen LogP contribution in [-0.2, 0) is 4.79 Å². The van der Waals surface area contributed by atoms with Crippen LogP contribution in [0.5, 0.6) is 0 Å². The lowest BCUT2D eigenvalue weighted by Crippen LogP contribution is -2.53. The molecule has 0 unspecified atom stereocenters. The Bertz CT molecular complexity index is 240. The molecule has 0 amide bonds. The van der Waals surface area contributed by atoms with E-state index in [0.29, 0.717) is 0 Å². The highest BCUT2D eigenvalue weighted by molar-refractivity contribution is 5.66. The Kier molecular flexibility index (Phi) is 4.18. The van der Waals surface area contributed by atoms with Crippen LogP contribution in [0, 0.1) is 0 Å². The van der Waals surface area contributed by atoms with E-state index in [1.54, 1.807) is 0 Å². The van der Waals surface area contributed by atoms with Crippen LogP contribution in [0.15, 0.2) is 0 Å². The molecule has 0 aromatic rings. The summed E-state index contributed by atoms with van der Waals surface area (Å²) in [6, 6.07) is 0. The number of alkyl halides is 7. The Hall–Kier alpha value is -1.02. The van der Waals surface area contributed by atoms with Crippen molar-refractivity contribution in [1.82, 2.24) is 0 Å². The minimum absolute atomic E-state index is 0.960. The topological polar surface area (TPSA) is 37.3 Å². The number of halogens is 7. The summed E-state index contributed by atoms with van der Waals surface area (Å²) in [5.74, 6) is -1.59. The summed E-state index contributed by atoms with van der Waals surface area (Å²) in [5.41, 5.74) is -5.35. The smallest absolute Gasteiger partial charge is 0.431 e. The van der Waals surface area contributed by atoms with Crippen molar-refractivity contribution in [2.45, 2.75) is 37.3 Å². The molecule has 2 nitrogen and oxygen atoms in total. The van der Waals surface area contributed by atoms with Gasteiger partial charge in [0.2, 0.25) is 0 Å². The van der Waals surface area contributed by atoms with E-state index >= 15 is 0 Å². The van der Waals surface area contributed by atoms with E-state index in [0.717, 1.165) is 0 Å². The number of carboxylic acids is 1. The van der Waals surface area contributed by atoms with Gasteiger partial charge < -0.3 is 5.11 Å². The molecule has 0 saturated carbocycles. The first-order valence-corrected chi connectivity index (χ1v) is 3.96. The highest BCUT2D eigenvalue weighted by Crippen LogP contribution is 2.49. The average molecular weight is 256 g/mol. The standard InChI is InChI=1S/C7H7F7O2/c8-5(6(9,10)11,7(12,13)14)3-1-2-4(15)16/h1-3H2,(H,15,16). The van der Waals surface area contributed by atoms with Gasteiger partial charge >= 0.3 is 18.3 Å². The summed E-state index contributed by atoms with van der Waals surface area (Å²) >= 11 is 0. The summed E-state index contributed by atoms with van der Waals surface area (Å²) in [4.78, 5) is 9.90. The highest BCUT2D eigenvalue weighted by Gasteiger charge is 2.71. The van der Waals surface area contributed by atoms with Crippen LogP contribution in [0.2, 0.25) is 0 Å². The van der Waals surface area contributed by atoms with Crippen molar-refractivity contribution in [1.29, 1.82) is 0 Å². The fraction of sp³-hybridized carbons (Fsp3) is 0.857. The lowest BCUT2D eigenvalue weighted by atomic mass is 9.97. The quantitative estimate of drug-likeness (QED) is 0.785. The molecular weight excluding hydrogens is 249 g/mol. The molecule has 0 bridgehead atoms. The van der Waals surface area contributed by atoms with Gasteiger partial charge in [-0.2, -0.15) is 26.3 Å². The molecule has 0 spiro atoms. The van der Waals surface area contributed by atoms with Crippen LogP contribution in [0.1, 0.15) is 19.3 Å². The first-order valence-electron chi connectivity index (χ1n) is 3.96. The van der Waals surface area contributed by atoms with Crippen molar-refractivity contribution >= 4 is 5.97 Å². The van der Waals surface area contributed by atoms with Crippen LogP contribution in [0.25, 0.3) is 0 Å². The molecule has 0 aromatic heterocycles. The summed E-state index contributed by atoms with van der Waals surface area (Å²) in [6.07, 6.45) is -16.2. The third-order valence-corrected chi connectivity index (χ3v) is 1.81. The molecule has 0 aromatic carbocycles. The minimum Gasteiger partial charge on any atom is -0.481 e. The summed E-state index contributed by atoms with van der Waals surface area (Å²) < 4.78 is 84.1. The Morgan fingerprint density at radius 1 is 0.938 bits per heavy atom. The Labute approximate surface area is 85.0 Å². The van der Waals surface area contributed by atoms with Crippen LogP contribution in [-0.4, -0.2) is 29.1 Å². The predicted molar refractivity (Wildman–Crippen MR) is 37.4 cm³/mol. The van der Waals surface area contributed by atoms with Gasteiger partial charge in [0.15, 0.2) is 0 Å². The zero-order valence-electron chi connectivity index (χ0n) is 7.62. The van der Waals surface area contributed by atoms with E-state index < -0.39 is 43.3 Å². The molecular formula is C7H7F7O2.